The molecule has 0 N–H and O–H groups in total. The Kier molecular flexibility index (Phi) is 1.98. The molecule has 3 rings (SSSR count). The number of amides is 2. The van der Waals surface area contributed by atoms with E-state index in [1.807, 2.05) is 11.9 Å². The van der Waals surface area contributed by atoms with E-state index in [1.54, 1.807) is 0 Å². The van der Waals surface area contributed by atoms with Crippen LogP contribution in [0, 0.1) is 11.3 Å². The first kappa shape index (κ1) is 9.49. The molecule has 3 nitrogen and oxygen atoms in total. The van der Waals surface area contributed by atoms with Gasteiger partial charge in [0.25, 0.3) is 0 Å². The Morgan fingerprint density at radius 3 is 2.67 bits per heavy atom. The molecule has 0 radical (unpaired) electrons. The molecular formula is C12H20N2O. The van der Waals surface area contributed by atoms with E-state index in [0.29, 0.717) is 5.41 Å². The van der Waals surface area contributed by atoms with Crippen molar-refractivity contribution in [1.82, 2.24) is 9.80 Å². The Labute approximate surface area is 91.4 Å². The fraction of sp³-hybridized carbons (Fsp3) is 0.917. The van der Waals surface area contributed by atoms with Gasteiger partial charge in [-0.3, -0.25) is 0 Å². The van der Waals surface area contributed by atoms with Crippen LogP contribution in [0.5, 0.6) is 0 Å². The van der Waals surface area contributed by atoms with Crippen molar-refractivity contribution in [2.45, 2.75) is 32.1 Å². The SMILES string of the molecule is CN(CC1CC1)C(=O)N1CCC2(CC2)C1. The van der Waals surface area contributed by atoms with Gasteiger partial charge >= 0.3 is 6.03 Å². The van der Waals surface area contributed by atoms with E-state index in [1.165, 1.54) is 32.1 Å². The summed E-state index contributed by atoms with van der Waals surface area (Å²) in [6.07, 6.45) is 6.59. The normalized spacial score (nSPS) is 27.1. The van der Waals surface area contributed by atoms with E-state index in [-0.39, 0.29) is 6.03 Å². The highest BCUT2D eigenvalue weighted by atomic mass is 16.2. The molecule has 1 spiro atoms. The number of likely N-dealkylation sites (tertiary alicyclic amines) is 1. The molecule has 84 valence electrons. The lowest BCUT2D eigenvalue weighted by Gasteiger charge is -2.24. The molecule has 3 fully saturated rings. The van der Waals surface area contributed by atoms with Crippen molar-refractivity contribution in [3.8, 4) is 0 Å². The molecule has 2 aliphatic carbocycles. The van der Waals surface area contributed by atoms with Gasteiger partial charge in [0.15, 0.2) is 0 Å². The maximum Gasteiger partial charge on any atom is 0.319 e. The van der Waals surface area contributed by atoms with E-state index in [0.717, 1.165) is 25.6 Å². The molecule has 0 atom stereocenters. The lowest BCUT2D eigenvalue weighted by Crippen LogP contribution is -2.40. The van der Waals surface area contributed by atoms with Crippen molar-refractivity contribution >= 4 is 6.03 Å². The fourth-order valence-corrected chi connectivity index (χ4v) is 2.69. The van der Waals surface area contributed by atoms with Crippen molar-refractivity contribution in [3.63, 3.8) is 0 Å². The Balaban J connectivity index is 1.54. The maximum atomic E-state index is 12.1. The van der Waals surface area contributed by atoms with Crippen LogP contribution in [0.25, 0.3) is 0 Å². The predicted molar refractivity (Wildman–Crippen MR) is 58.6 cm³/mol. The number of rotatable bonds is 2. The maximum absolute atomic E-state index is 12.1. The Bertz CT molecular complexity index is 281. The predicted octanol–water partition coefficient (Wildman–Crippen LogP) is 1.93. The zero-order valence-corrected chi connectivity index (χ0v) is 9.54. The highest BCUT2D eigenvalue weighted by Gasteiger charge is 2.49. The lowest BCUT2D eigenvalue weighted by atomic mass is 10.1. The third kappa shape index (κ3) is 1.84. The van der Waals surface area contributed by atoms with Gasteiger partial charge in [0.1, 0.15) is 0 Å². The van der Waals surface area contributed by atoms with Gasteiger partial charge in [0.05, 0.1) is 0 Å². The van der Waals surface area contributed by atoms with E-state index < -0.39 is 0 Å². The van der Waals surface area contributed by atoms with Crippen LogP contribution in [-0.4, -0.2) is 42.5 Å². The van der Waals surface area contributed by atoms with Crippen molar-refractivity contribution in [2.75, 3.05) is 26.7 Å². The standard InChI is InChI=1S/C12H20N2O/c1-13(8-10-2-3-10)11(15)14-7-6-12(9-14)4-5-12/h10H,2-9H2,1H3. The highest BCUT2D eigenvalue weighted by Crippen LogP contribution is 2.52. The molecular weight excluding hydrogens is 188 g/mol. The first-order valence-electron chi connectivity index (χ1n) is 6.19. The van der Waals surface area contributed by atoms with E-state index >= 15 is 0 Å². The summed E-state index contributed by atoms with van der Waals surface area (Å²) in [4.78, 5) is 16.1. The smallest absolute Gasteiger partial charge is 0.319 e. The summed E-state index contributed by atoms with van der Waals surface area (Å²) in [6, 6.07) is 0.269. The minimum absolute atomic E-state index is 0.269. The molecule has 3 aliphatic rings. The monoisotopic (exact) mass is 208 g/mol. The third-order valence-electron chi connectivity index (χ3n) is 4.22. The fourth-order valence-electron chi connectivity index (χ4n) is 2.69. The average molecular weight is 208 g/mol. The zero-order valence-electron chi connectivity index (χ0n) is 9.54. The number of hydrogen-bond acceptors (Lipinski definition) is 1. The number of carbonyl (C=O) groups is 1. The molecule has 0 aromatic carbocycles. The minimum Gasteiger partial charge on any atom is -0.327 e. The quantitative estimate of drug-likeness (QED) is 0.680. The molecule has 0 bridgehead atoms. The summed E-state index contributed by atoms with van der Waals surface area (Å²) in [7, 11) is 1.96. The number of nitrogens with zero attached hydrogens (tertiary/aromatic N) is 2. The second-order valence-corrected chi connectivity index (χ2v) is 5.78. The molecule has 0 unspecified atom stereocenters. The first-order chi connectivity index (χ1) is 7.19. The van der Waals surface area contributed by atoms with Crippen molar-refractivity contribution in [1.29, 1.82) is 0 Å². The molecule has 2 amide bonds. The van der Waals surface area contributed by atoms with E-state index in [2.05, 4.69) is 4.90 Å². The average Bonchev–Trinajstić information content (AvgIpc) is 3.07. The second kappa shape index (κ2) is 3.13. The summed E-state index contributed by atoms with van der Waals surface area (Å²) in [5.41, 5.74) is 0.566. The van der Waals surface area contributed by atoms with Crippen LogP contribution in [0.15, 0.2) is 0 Å². The van der Waals surface area contributed by atoms with Gasteiger partial charge in [-0.05, 0) is 43.4 Å². The van der Waals surface area contributed by atoms with Gasteiger partial charge < -0.3 is 9.80 Å². The summed E-state index contributed by atoms with van der Waals surface area (Å²) in [6.45, 7) is 3.00. The van der Waals surface area contributed by atoms with Crippen LogP contribution >= 0.6 is 0 Å². The number of carbonyl (C=O) groups excluding carboxylic acids is 1. The van der Waals surface area contributed by atoms with Crippen molar-refractivity contribution in [3.05, 3.63) is 0 Å². The summed E-state index contributed by atoms with van der Waals surface area (Å²) < 4.78 is 0. The summed E-state index contributed by atoms with van der Waals surface area (Å²) in [5.74, 6) is 0.802. The highest BCUT2D eigenvalue weighted by molar-refractivity contribution is 5.74. The van der Waals surface area contributed by atoms with Crippen LogP contribution in [0.4, 0.5) is 4.79 Å². The Morgan fingerprint density at radius 1 is 1.40 bits per heavy atom. The Morgan fingerprint density at radius 2 is 2.13 bits per heavy atom. The Hall–Kier alpha value is -0.730. The van der Waals surface area contributed by atoms with Crippen molar-refractivity contribution in [2.24, 2.45) is 11.3 Å². The van der Waals surface area contributed by atoms with Crippen LogP contribution in [0.3, 0.4) is 0 Å². The molecule has 0 aromatic heterocycles. The lowest BCUT2D eigenvalue weighted by molar-refractivity contribution is 0.169. The van der Waals surface area contributed by atoms with Gasteiger partial charge in [-0.1, -0.05) is 0 Å². The second-order valence-electron chi connectivity index (χ2n) is 5.78. The van der Waals surface area contributed by atoms with Crippen LogP contribution in [0.2, 0.25) is 0 Å². The number of urea groups is 1. The summed E-state index contributed by atoms with van der Waals surface area (Å²) in [5, 5.41) is 0. The van der Waals surface area contributed by atoms with Gasteiger partial charge in [-0.25, -0.2) is 4.79 Å². The van der Waals surface area contributed by atoms with Crippen LogP contribution < -0.4 is 0 Å². The van der Waals surface area contributed by atoms with Gasteiger partial charge in [-0.2, -0.15) is 0 Å². The topological polar surface area (TPSA) is 23.6 Å². The molecule has 1 aliphatic heterocycles. The molecule has 3 heteroatoms. The largest absolute Gasteiger partial charge is 0.327 e. The summed E-state index contributed by atoms with van der Waals surface area (Å²) >= 11 is 0. The van der Waals surface area contributed by atoms with Gasteiger partial charge in [0.2, 0.25) is 0 Å². The minimum atomic E-state index is 0.269. The van der Waals surface area contributed by atoms with Crippen molar-refractivity contribution < 1.29 is 4.79 Å². The van der Waals surface area contributed by atoms with Gasteiger partial charge in [0, 0.05) is 26.7 Å². The van der Waals surface area contributed by atoms with Gasteiger partial charge in [-0.15, -0.1) is 0 Å². The first-order valence-corrected chi connectivity index (χ1v) is 6.19. The molecule has 1 heterocycles. The van der Waals surface area contributed by atoms with E-state index in [9.17, 15) is 4.79 Å². The van der Waals surface area contributed by atoms with Crippen LogP contribution in [0.1, 0.15) is 32.1 Å². The third-order valence-corrected chi connectivity index (χ3v) is 4.22. The van der Waals surface area contributed by atoms with Crippen LogP contribution in [-0.2, 0) is 0 Å². The zero-order chi connectivity index (χ0) is 10.5. The molecule has 1 saturated heterocycles. The molecule has 2 saturated carbocycles. The molecule has 15 heavy (non-hydrogen) atoms. The number of hydrogen-bond donors (Lipinski definition) is 0. The molecule has 0 aromatic rings. The van der Waals surface area contributed by atoms with E-state index in [4.69, 9.17) is 0 Å².